The van der Waals surface area contributed by atoms with Gasteiger partial charge in [0.05, 0.1) is 4.90 Å². The predicted octanol–water partition coefficient (Wildman–Crippen LogP) is 1.90. The van der Waals surface area contributed by atoms with Crippen molar-refractivity contribution in [3.8, 4) is 0 Å². The van der Waals surface area contributed by atoms with Crippen molar-refractivity contribution >= 4 is 15.7 Å². The minimum absolute atomic E-state index is 0.310. The maximum Gasteiger partial charge on any atom is 0.241 e. The highest BCUT2D eigenvalue weighted by atomic mass is 32.2. The van der Waals surface area contributed by atoms with Crippen molar-refractivity contribution in [1.82, 2.24) is 9.62 Å². The first-order valence-electron chi connectivity index (χ1n) is 7.41. The fourth-order valence-electron chi connectivity index (χ4n) is 2.38. The van der Waals surface area contributed by atoms with E-state index in [1.165, 1.54) is 0 Å². The Morgan fingerprint density at radius 2 is 1.81 bits per heavy atom. The third kappa shape index (κ3) is 4.69. The van der Waals surface area contributed by atoms with Gasteiger partial charge in [0.1, 0.15) is 0 Å². The number of anilines is 1. The Labute approximate surface area is 128 Å². The van der Waals surface area contributed by atoms with Gasteiger partial charge in [-0.2, -0.15) is 0 Å². The van der Waals surface area contributed by atoms with Crippen molar-refractivity contribution in [2.75, 3.05) is 31.9 Å². The molecule has 120 valence electrons. The molecule has 0 bridgehead atoms. The van der Waals surface area contributed by atoms with Crippen LogP contribution >= 0.6 is 0 Å². The molecule has 0 unspecified atom stereocenters. The Kier molecular flexibility index (Phi) is 6.64. The summed E-state index contributed by atoms with van der Waals surface area (Å²) in [5.74, 6) is 0. The van der Waals surface area contributed by atoms with Crippen LogP contribution in [-0.4, -0.2) is 39.5 Å². The number of sulfonamides is 1. The van der Waals surface area contributed by atoms with Crippen LogP contribution in [0.2, 0.25) is 0 Å². The lowest BCUT2D eigenvalue weighted by Crippen LogP contribution is -2.30. The monoisotopic (exact) mass is 313 g/mol. The molecular formula is C15H27N3O2S. The van der Waals surface area contributed by atoms with E-state index in [0.29, 0.717) is 22.7 Å². The largest absolute Gasteiger partial charge is 0.398 e. The summed E-state index contributed by atoms with van der Waals surface area (Å²) in [5, 5.41) is 0. The van der Waals surface area contributed by atoms with Crippen molar-refractivity contribution in [2.24, 2.45) is 0 Å². The molecule has 0 saturated carbocycles. The van der Waals surface area contributed by atoms with Gasteiger partial charge in [-0.15, -0.1) is 0 Å². The average molecular weight is 313 g/mol. The molecule has 0 heterocycles. The number of nitrogens with zero attached hydrogens (tertiary/aromatic N) is 1. The zero-order valence-corrected chi connectivity index (χ0v) is 14.3. The van der Waals surface area contributed by atoms with Gasteiger partial charge in [-0.1, -0.05) is 19.9 Å². The van der Waals surface area contributed by atoms with Crippen LogP contribution in [0.3, 0.4) is 0 Å². The second-order valence-electron chi connectivity index (χ2n) is 5.20. The lowest BCUT2D eigenvalue weighted by atomic mass is 10.1. The standard InChI is InChI=1S/C15H27N3O2S/c1-5-18(6-2)11-7-10-17-21(19,20)15-12(3)8-9-14(16)13(15)4/h8-9,17H,5-7,10-11,16H2,1-4H3. The number of nitrogens with one attached hydrogen (secondary N) is 1. The van der Waals surface area contributed by atoms with Crippen LogP contribution in [0.25, 0.3) is 0 Å². The Bertz CT molecular complexity index is 567. The van der Waals surface area contributed by atoms with E-state index in [9.17, 15) is 8.42 Å². The third-order valence-corrected chi connectivity index (χ3v) is 5.50. The van der Waals surface area contributed by atoms with Crippen LogP contribution in [0.5, 0.6) is 0 Å². The average Bonchev–Trinajstić information content (AvgIpc) is 2.43. The van der Waals surface area contributed by atoms with Crippen LogP contribution in [0, 0.1) is 13.8 Å². The van der Waals surface area contributed by atoms with Crippen LogP contribution in [0.4, 0.5) is 5.69 Å². The van der Waals surface area contributed by atoms with E-state index in [1.54, 1.807) is 26.0 Å². The first kappa shape index (κ1) is 17.9. The van der Waals surface area contributed by atoms with Crippen molar-refractivity contribution in [2.45, 2.75) is 39.0 Å². The SMILES string of the molecule is CCN(CC)CCCNS(=O)(=O)c1c(C)ccc(N)c1C. The number of rotatable bonds is 8. The lowest BCUT2D eigenvalue weighted by molar-refractivity contribution is 0.300. The van der Waals surface area contributed by atoms with E-state index < -0.39 is 10.0 Å². The maximum absolute atomic E-state index is 12.4. The van der Waals surface area contributed by atoms with Crippen LogP contribution in [0.1, 0.15) is 31.4 Å². The summed E-state index contributed by atoms with van der Waals surface area (Å²) in [6.45, 7) is 11.0. The second-order valence-corrected chi connectivity index (χ2v) is 6.91. The summed E-state index contributed by atoms with van der Waals surface area (Å²) in [4.78, 5) is 2.58. The molecule has 0 aliphatic rings. The number of aryl methyl sites for hydroxylation is 1. The van der Waals surface area contributed by atoms with Gasteiger partial charge in [0.15, 0.2) is 0 Å². The molecule has 0 atom stereocenters. The highest BCUT2D eigenvalue weighted by Crippen LogP contribution is 2.24. The molecular weight excluding hydrogens is 286 g/mol. The van der Waals surface area contributed by atoms with Gasteiger partial charge in [0.2, 0.25) is 10.0 Å². The molecule has 21 heavy (non-hydrogen) atoms. The number of hydrogen-bond acceptors (Lipinski definition) is 4. The van der Waals surface area contributed by atoms with Crippen LogP contribution < -0.4 is 10.5 Å². The maximum atomic E-state index is 12.4. The zero-order chi connectivity index (χ0) is 16.0. The van der Waals surface area contributed by atoms with E-state index >= 15 is 0 Å². The molecule has 0 aliphatic heterocycles. The lowest BCUT2D eigenvalue weighted by Gasteiger charge is -2.18. The minimum Gasteiger partial charge on any atom is -0.398 e. The molecule has 0 saturated heterocycles. The van der Waals surface area contributed by atoms with E-state index in [0.717, 1.165) is 31.6 Å². The number of nitrogen functional groups attached to an aromatic ring is 1. The van der Waals surface area contributed by atoms with E-state index in [1.807, 2.05) is 0 Å². The molecule has 0 fully saturated rings. The summed E-state index contributed by atoms with van der Waals surface area (Å²) >= 11 is 0. The Morgan fingerprint density at radius 1 is 1.19 bits per heavy atom. The summed E-state index contributed by atoms with van der Waals surface area (Å²) < 4.78 is 27.5. The minimum atomic E-state index is -3.50. The molecule has 1 rings (SSSR count). The van der Waals surface area contributed by atoms with Gasteiger partial charge in [0.25, 0.3) is 0 Å². The molecule has 3 N–H and O–H groups in total. The Morgan fingerprint density at radius 3 is 2.38 bits per heavy atom. The summed E-state index contributed by atoms with van der Waals surface area (Å²) in [6.07, 6.45) is 0.793. The van der Waals surface area contributed by atoms with Gasteiger partial charge in [0, 0.05) is 12.2 Å². The van der Waals surface area contributed by atoms with Gasteiger partial charge < -0.3 is 10.6 Å². The Hall–Kier alpha value is -1.11. The normalized spacial score (nSPS) is 12.0. The van der Waals surface area contributed by atoms with Crippen molar-refractivity contribution in [3.63, 3.8) is 0 Å². The highest BCUT2D eigenvalue weighted by molar-refractivity contribution is 7.89. The molecule has 0 spiro atoms. The van der Waals surface area contributed by atoms with Crippen LogP contribution in [-0.2, 0) is 10.0 Å². The van der Waals surface area contributed by atoms with E-state index in [2.05, 4.69) is 23.5 Å². The molecule has 0 amide bonds. The third-order valence-electron chi connectivity index (χ3n) is 3.75. The predicted molar refractivity (Wildman–Crippen MR) is 87.9 cm³/mol. The summed E-state index contributed by atoms with van der Waals surface area (Å²) in [6, 6.07) is 3.48. The number of benzene rings is 1. The molecule has 1 aromatic rings. The smallest absolute Gasteiger partial charge is 0.241 e. The van der Waals surface area contributed by atoms with Gasteiger partial charge >= 0.3 is 0 Å². The second kappa shape index (κ2) is 7.77. The molecule has 0 radical (unpaired) electrons. The quantitative estimate of drug-likeness (QED) is 0.568. The molecule has 1 aromatic carbocycles. The van der Waals surface area contributed by atoms with Gasteiger partial charge in [-0.05, 0) is 57.1 Å². The van der Waals surface area contributed by atoms with Crippen molar-refractivity contribution < 1.29 is 8.42 Å². The highest BCUT2D eigenvalue weighted by Gasteiger charge is 2.20. The Balaban J connectivity index is 2.73. The first-order valence-corrected chi connectivity index (χ1v) is 8.89. The molecule has 0 aromatic heterocycles. The van der Waals surface area contributed by atoms with E-state index in [-0.39, 0.29) is 0 Å². The number of nitrogens with two attached hydrogens (primary N) is 1. The topological polar surface area (TPSA) is 75.4 Å². The zero-order valence-electron chi connectivity index (χ0n) is 13.4. The molecule has 0 aliphatic carbocycles. The fraction of sp³-hybridized carbons (Fsp3) is 0.600. The first-order chi connectivity index (χ1) is 9.83. The fourth-order valence-corrected chi connectivity index (χ4v) is 3.95. The van der Waals surface area contributed by atoms with Crippen molar-refractivity contribution in [3.05, 3.63) is 23.3 Å². The molecule has 5 nitrogen and oxygen atoms in total. The van der Waals surface area contributed by atoms with Crippen LogP contribution in [0.15, 0.2) is 17.0 Å². The summed E-state index contributed by atoms with van der Waals surface area (Å²) in [7, 11) is -3.50. The van der Waals surface area contributed by atoms with Gasteiger partial charge in [-0.3, -0.25) is 0 Å². The van der Waals surface area contributed by atoms with Gasteiger partial charge in [-0.25, -0.2) is 13.1 Å². The van der Waals surface area contributed by atoms with Crippen molar-refractivity contribution in [1.29, 1.82) is 0 Å². The summed E-state index contributed by atoms with van der Waals surface area (Å²) in [5.41, 5.74) is 7.66. The number of hydrogen-bond donors (Lipinski definition) is 2. The van der Waals surface area contributed by atoms with E-state index in [4.69, 9.17) is 5.73 Å². The molecule has 6 heteroatoms.